The Labute approximate surface area is 73.4 Å². The molecule has 1 heteroatoms. The van der Waals surface area contributed by atoms with Crippen LogP contribution in [0.15, 0.2) is 30.0 Å². The van der Waals surface area contributed by atoms with Crippen LogP contribution < -0.4 is 0 Å². The largest absolute Gasteiger partial charge is 0.512 e. The molecular formula is C11H14O. The van der Waals surface area contributed by atoms with Gasteiger partial charge in [0.15, 0.2) is 0 Å². The topological polar surface area (TPSA) is 20.2 Å². The van der Waals surface area contributed by atoms with Gasteiger partial charge >= 0.3 is 0 Å². The molecule has 0 amide bonds. The molecule has 0 atom stereocenters. The van der Waals surface area contributed by atoms with E-state index < -0.39 is 0 Å². The third kappa shape index (κ3) is 1.67. The molecule has 0 aliphatic rings. The van der Waals surface area contributed by atoms with Crippen molar-refractivity contribution in [2.75, 3.05) is 0 Å². The van der Waals surface area contributed by atoms with E-state index in [0.29, 0.717) is 5.76 Å². The second kappa shape index (κ2) is 3.44. The van der Waals surface area contributed by atoms with Crippen molar-refractivity contribution < 1.29 is 5.11 Å². The van der Waals surface area contributed by atoms with E-state index in [-0.39, 0.29) is 0 Å². The zero-order valence-corrected chi connectivity index (χ0v) is 7.76. The Hall–Kier alpha value is -1.24. The van der Waals surface area contributed by atoms with Crippen molar-refractivity contribution in [3.63, 3.8) is 0 Å². The Kier molecular flexibility index (Phi) is 2.54. The van der Waals surface area contributed by atoms with Crippen molar-refractivity contribution in [3.05, 3.63) is 41.2 Å². The lowest BCUT2D eigenvalue weighted by Crippen LogP contribution is -1.87. The molecule has 0 aliphatic heterocycles. The van der Waals surface area contributed by atoms with Gasteiger partial charge in [-0.2, -0.15) is 0 Å². The maximum Gasteiger partial charge on any atom is 0.0926 e. The summed E-state index contributed by atoms with van der Waals surface area (Å²) in [5.74, 6) is 0.393. The number of aliphatic hydroxyl groups is 1. The minimum absolute atomic E-state index is 0.393. The standard InChI is InChI=1S/C11H14O/c1-8-6-4-5-7-11(8)9(2)10(3)12/h4-7,12H,1-3H3/b10-9-. The first-order valence-corrected chi connectivity index (χ1v) is 4.05. The second-order valence-corrected chi connectivity index (χ2v) is 3.03. The van der Waals surface area contributed by atoms with Gasteiger partial charge in [-0.25, -0.2) is 0 Å². The van der Waals surface area contributed by atoms with Gasteiger partial charge in [0, 0.05) is 0 Å². The Morgan fingerprint density at radius 1 is 1.17 bits per heavy atom. The highest BCUT2D eigenvalue weighted by atomic mass is 16.3. The number of aryl methyl sites for hydroxylation is 1. The van der Waals surface area contributed by atoms with E-state index in [1.165, 1.54) is 5.56 Å². The van der Waals surface area contributed by atoms with Crippen molar-refractivity contribution in [2.24, 2.45) is 0 Å². The Morgan fingerprint density at radius 2 is 1.75 bits per heavy atom. The molecule has 12 heavy (non-hydrogen) atoms. The fraction of sp³-hybridized carbons (Fsp3) is 0.273. The van der Waals surface area contributed by atoms with Crippen LogP contribution >= 0.6 is 0 Å². The highest BCUT2D eigenvalue weighted by Gasteiger charge is 2.01. The molecule has 0 bridgehead atoms. The molecule has 1 N–H and O–H groups in total. The zero-order valence-electron chi connectivity index (χ0n) is 7.76. The molecule has 0 radical (unpaired) electrons. The van der Waals surface area contributed by atoms with Crippen LogP contribution in [0, 0.1) is 6.92 Å². The average molecular weight is 162 g/mol. The normalized spacial score (nSPS) is 12.6. The molecule has 1 aromatic carbocycles. The first-order chi connectivity index (χ1) is 5.63. The number of allylic oxidation sites excluding steroid dienone is 2. The molecule has 0 fully saturated rings. The minimum atomic E-state index is 0.393. The van der Waals surface area contributed by atoms with E-state index in [0.717, 1.165) is 11.1 Å². The first kappa shape index (κ1) is 8.85. The van der Waals surface area contributed by atoms with Crippen molar-refractivity contribution in [1.29, 1.82) is 0 Å². The van der Waals surface area contributed by atoms with E-state index >= 15 is 0 Å². The summed E-state index contributed by atoms with van der Waals surface area (Å²) in [5, 5.41) is 9.28. The third-order valence-electron chi connectivity index (χ3n) is 2.09. The molecular weight excluding hydrogens is 148 g/mol. The van der Waals surface area contributed by atoms with Crippen LogP contribution in [-0.4, -0.2) is 5.11 Å². The SMILES string of the molecule is C/C(O)=C(\C)c1ccccc1C. The van der Waals surface area contributed by atoms with Gasteiger partial charge in [-0.15, -0.1) is 0 Å². The summed E-state index contributed by atoms with van der Waals surface area (Å²) in [4.78, 5) is 0. The van der Waals surface area contributed by atoms with E-state index in [1.54, 1.807) is 6.92 Å². The van der Waals surface area contributed by atoms with Crippen LogP contribution in [0.3, 0.4) is 0 Å². The maximum atomic E-state index is 9.28. The predicted octanol–water partition coefficient (Wildman–Crippen LogP) is 3.30. The van der Waals surface area contributed by atoms with Crippen LogP contribution in [0.1, 0.15) is 25.0 Å². The molecule has 0 saturated carbocycles. The lowest BCUT2D eigenvalue weighted by Gasteiger charge is -2.05. The van der Waals surface area contributed by atoms with E-state index in [9.17, 15) is 5.11 Å². The molecule has 0 saturated heterocycles. The van der Waals surface area contributed by atoms with Gasteiger partial charge < -0.3 is 5.11 Å². The summed E-state index contributed by atoms with van der Waals surface area (Å²) < 4.78 is 0. The number of hydrogen-bond donors (Lipinski definition) is 1. The quantitative estimate of drug-likeness (QED) is 0.628. The molecule has 0 unspecified atom stereocenters. The fourth-order valence-electron chi connectivity index (χ4n) is 1.19. The van der Waals surface area contributed by atoms with Crippen LogP contribution in [0.25, 0.3) is 5.57 Å². The van der Waals surface area contributed by atoms with Crippen molar-refractivity contribution >= 4 is 5.57 Å². The molecule has 0 aliphatic carbocycles. The molecule has 0 heterocycles. The lowest BCUT2D eigenvalue weighted by atomic mass is 10.0. The summed E-state index contributed by atoms with van der Waals surface area (Å²) >= 11 is 0. The lowest BCUT2D eigenvalue weighted by molar-refractivity contribution is 0.416. The molecule has 1 nitrogen and oxygen atoms in total. The molecule has 0 aromatic heterocycles. The number of benzene rings is 1. The maximum absolute atomic E-state index is 9.28. The Bertz CT molecular complexity index is 307. The highest BCUT2D eigenvalue weighted by molar-refractivity contribution is 5.67. The van der Waals surface area contributed by atoms with Crippen molar-refractivity contribution in [1.82, 2.24) is 0 Å². The average Bonchev–Trinajstić information content (AvgIpc) is 2.04. The summed E-state index contributed by atoms with van der Waals surface area (Å²) in [7, 11) is 0. The number of hydrogen-bond acceptors (Lipinski definition) is 1. The van der Waals surface area contributed by atoms with E-state index in [2.05, 4.69) is 0 Å². The number of rotatable bonds is 1. The van der Waals surface area contributed by atoms with Crippen molar-refractivity contribution in [3.8, 4) is 0 Å². The van der Waals surface area contributed by atoms with Crippen LogP contribution in [0.2, 0.25) is 0 Å². The fourth-order valence-corrected chi connectivity index (χ4v) is 1.19. The monoisotopic (exact) mass is 162 g/mol. The first-order valence-electron chi connectivity index (χ1n) is 4.05. The van der Waals surface area contributed by atoms with Crippen LogP contribution in [0.4, 0.5) is 0 Å². The van der Waals surface area contributed by atoms with Gasteiger partial charge in [0.25, 0.3) is 0 Å². The van der Waals surface area contributed by atoms with Gasteiger partial charge in [0.2, 0.25) is 0 Å². The summed E-state index contributed by atoms with van der Waals surface area (Å²) in [5.41, 5.74) is 3.27. The van der Waals surface area contributed by atoms with E-state index in [4.69, 9.17) is 0 Å². The van der Waals surface area contributed by atoms with Crippen LogP contribution in [-0.2, 0) is 0 Å². The summed E-state index contributed by atoms with van der Waals surface area (Å²) in [6, 6.07) is 8.04. The number of aliphatic hydroxyl groups excluding tert-OH is 1. The van der Waals surface area contributed by atoms with Crippen molar-refractivity contribution in [2.45, 2.75) is 20.8 Å². The molecule has 1 rings (SSSR count). The smallest absolute Gasteiger partial charge is 0.0926 e. The third-order valence-corrected chi connectivity index (χ3v) is 2.09. The van der Waals surface area contributed by atoms with Gasteiger partial charge in [0.1, 0.15) is 0 Å². The Balaban J connectivity index is 3.21. The van der Waals surface area contributed by atoms with Gasteiger partial charge in [0.05, 0.1) is 5.76 Å². The van der Waals surface area contributed by atoms with Crippen LogP contribution in [0.5, 0.6) is 0 Å². The summed E-state index contributed by atoms with van der Waals surface area (Å²) in [6.07, 6.45) is 0. The molecule has 1 aromatic rings. The minimum Gasteiger partial charge on any atom is -0.512 e. The summed E-state index contributed by atoms with van der Waals surface area (Å²) in [6.45, 7) is 5.68. The second-order valence-electron chi connectivity index (χ2n) is 3.03. The molecule has 0 spiro atoms. The van der Waals surface area contributed by atoms with Gasteiger partial charge in [-0.1, -0.05) is 24.3 Å². The highest BCUT2D eigenvalue weighted by Crippen LogP contribution is 2.19. The van der Waals surface area contributed by atoms with Gasteiger partial charge in [-0.05, 0) is 37.5 Å². The van der Waals surface area contributed by atoms with Gasteiger partial charge in [-0.3, -0.25) is 0 Å². The molecule has 64 valence electrons. The Morgan fingerprint density at radius 3 is 2.25 bits per heavy atom. The predicted molar refractivity (Wildman–Crippen MR) is 52.1 cm³/mol. The zero-order chi connectivity index (χ0) is 9.14. The van der Waals surface area contributed by atoms with E-state index in [1.807, 2.05) is 38.1 Å².